The first-order chi connectivity index (χ1) is 22.2. The number of hydrogen-bond donors (Lipinski definition) is 4. The molecule has 0 heterocycles. The van der Waals surface area contributed by atoms with Crippen molar-refractivity contribution < 1.29 is 38.9 Å². The molecule has 0 unspecified atom stereocenters. The molecule has 11 heteroatoms. The van der Waals surface area contributed by atoms with Crippen LogP contribution < -0.4 is 20.1 Å². The molecule has 0 spiro atoms. The fourth-order valence-corrected chi connectivity index (χ4v) is 4.81. The molecule has 0 fully saturated rings. The Labute approximate surface area is 268 Å². The summed E-state index contributed by atoms with van der Waals surface area (Å²) >= 11 is 0. The van der Waals surface area contributed by atoms with Gasteiger partial charge < -0.3 is 30.3 Å². The summed E-state index contributed by atoms with van der Waals surface area (Å²) in [6.07, 6.45) is 4.85. The van der Waals surface area contributed by atoms with Crippen molar-refractivity contribution in [1.29, 1.82) is 0 Å². The predicted molar refractivity (Wildman–Crippen MR) is 175 cm³/mol. The maximum atomic E-state index is 12.6. The van der Waals surface area contributed by atoms with Crippen LogP contribution in [0.4, 0.5) is 5.69 Å². The van der Waals surface area contributed by atoms with Crippen LogP contribution in [0.5, 0.6) is 11.5 Å². The molecule has 0 aliphatic rings. The van der Waals surface area contributed by atoms with E-state index in [1.165, 1.54) is 0 Å². The van der Waals surface area contributed by atoms with Crippen LogP contribution in [0.25, 0.3) is 6.08 Å². The number of rotatable bonds is 19. The molecule has 0 saturated heterocycles. The third-order valence-electron chi connectivity index (χ3n) is 7.18. The summed E-state index contributed by atoms with van der Waals surface area (Å²) in [5, 5.41) is 24.5. The highest BCUT2D eigenvalue weighted by Gasteiger charge is 2.25. The van der Waals surface area contributed by atoms with E-state index in [-0.39, 0.29) is 24.7 Å². The van der Waals surface area contributed by atoms with Crippen LogP contribution in [0.3, 0.4) is 0 Å². The largest absolute Gasteiger partial charge is 0.493 e. The Morgan fingerprint density at radius 2 is 1.63 bits per heavy atom. The number of unbranched alkanes of at least 4 members (excludes halogenated alkanes) is 1. The fourth-order valence-electron chi connectivity index (χ4n) is 4.81. The molecule has 244 valence electrons. The van der Waals surface area contributed by atoms with Crippen LogP contribution in [0.15, 0.2) is 78.9 Å². The fraction of sp³-hybridized carbons (Fsp3) is 0.314. The lowest BCUT2D eigenvalue weighted by molar-refractivity contribution is -0.143. The lowest BCUT2D eigenvalue weighted by Crippen LogP contribution is -2.41. The Bertz CT molecular complexity index is 1490. The van der Waals surface area contributed by atoms with Crippen LogP contribution >= 0.6 is 0 Å². The summed E-state index contributed by atoms with van der Waals surface area (Å²) in [7, 11) is 3.09. The highest BCUT2D eigenvalue weighted by molar-refractivity contribution is 6.04. The number of anilines is 1. The molecule has 0 aliphatic carbocycles. The van der Waals surface area contributed by atoms with E-state index in [2.05, 4.69) is 10.6 Å². The Kier molecular flexibility index (Phi) is 14.3. The van der Waals surface area contributed by atoms with Crippen molar-refractivity contribution in [3.63, 3.8) is 0 Å². The van der Waals surface area contributed by atoms with E-state index < -0.39 is 18.0 Å². The van der Waals surface area contributed by atoms with Crippen LogP contribution in [0.2, 0.25) is 0 Å². The summed E-state index contributed by atoms with van der Waals surface area (Å²) in [4.78, 5) is 49.4. The number of nitrogens with one attached hydrogen (secondary N) is 2. The number of hydrogen-bond acceptors (Lipinski definition) is 7. The van der Waals surface area contributed by atoms with Gasteiger partial charge in [-0.3, -0.25) is 24.1 Å². The second kappa shape index (κ2) is 18.6. The lowest BCUT2D eigenvalue weighted by atomic mass is 10.1. The molecule has 0 aliphatic heterocycles. The van der Waals surface area contributed by atoms with Crippen molar-refractivity contribution in [2.75, 3.05) is 32.6 Å². The zero-order valence-corrected chi connectivity index (χ0v) is 26.1. The minimum atomic E-state index is -1.04. The van der Waals surface area contributed by atoms with E-state index in [1.807, 2.05) is 53.5 Å². The first-order valence-corrected chi connectivity index (χ1v) is 15.0. The van der Waals surface area contributed by atoms with Crippen LogP contribution in [-0.2, 0) is 20.9 Å². The van der Waals surface area contributed by atoms with E-state index in [0.717, 1.165) is 11.1 Å². The Morgan fingerprint density at radius 1 is 0.870 bits per heavy atom. The van der Waals surface area contributed by atoms with Gasteiger partial charge in [0.2, 0.25) is 5.91 Å². The number of aliphatic carboxylic acids is 2. The standard InChI is InChI=1S/C35H41N3O8/c1-45-30-17-16-26(23-31(30)46-2)24-38(29(35(43)44)15-6-7-20-36-32(39)18-19-33(40)41)21-9-11-25-10-8-14-28(22-25)37-34(42)27-12-4-3-5-13-27/h3-5,8-14,16-17,22-23,29H,6-7,15,18-21,24H2,1-2H3,(H,36,39)(H,37,42)(H,40,41)(H,43,44)/b11-9+/t29-/m0/s1. The van der Waals surface area contributed by atoms with E-state index in [9.17, 15) is 24.3 Å². The topological polar surface area (TPSA) is 154 Å². The van der Waals surface area contributed by atoms with Gasteiger partial charge in [-0.05, 0) is 66.8 Å². The maximum absolute atomic E-state index is 12.6. The highest BCUT2D eigenvalue weighted by Crippen LogP contribution is 2.28. The normalized spacial score (nSPS) is 11.6. The number of benzene rings is 3. The van der Waals surface area contributed by atoms with Gasteiger partial charge in [-0.15, -0.1) is 0 Å². The SMILES string of the molecule is COc1ccc(CN(C/C=C/c2cccc(NC(=O)c3ccccc3)c2)[C@@H](CCCCNC(=O)CCC(=O)O)C(=O)O)cc1OC. The molecule has 0 aromatic heterocycles. The van der Waals surface area contributed by atoms with Crippen molar-refractivity contribution in [2.45, 2.75) is 44.7 Å². The number of amides is 2. The van der Waals surface area contributed by atoms with Gasteiger partial charge in [-0.25, -0.2) is 0 Å². The molecule has 46 heavy (non-hydrogen) atoms. The number of carbonyl (C=O) groups excluding carboxylic acids is 2. The average Bonchev–Trinajstić information content (AvgIpc) is 3.05. The molecule has 0 radical (unpaired) electrons. The quantitative estimate of drug-likeness (QED) is 0.133. The Balaban J connectivity index is 1.71. The zero-order valence-electron chi connectivity index (χ0n) is 26.1. The molecule has 3 aromatic carbocycles. The number of nitrogens with zero attached hydrogens (tertiary/aromatic N) is 1. The molecule has 4 N–H and O–H groups in total. The van der Waals surface area contributed by atoms with E-state index >= 15 is 0 Å². The van der Waals surface area contributed by atoms with Crippen molar-refractivity contribution in [1.82, 2.24) is 10.2 Å². The molecule has 3 aromatic rings. The Hall–Kier alpha value is -5.16. The van der Waals surface area contributed by atoms with Gasteiger partial charge in [-0.1, -0.05) is 48.6 Å². The summed E-state index contributed by atoms with van der Waals surface area (Å²) in [6, 6.07) is 20.9. The molecule has 3 rings (SSSR count). The number of carbonyl (C=O) groups is 4. The number of ether oxygens (including phenoxy) is 2. The van der Waals surface area contributed by atoms with Gasteiger partial charge in [0.1, 0.15) is 6.04 Å². The van der Waals surface area contributed by atoms with Crippen LogP contribution in [-0.4, -0.2) is 72.2 Å². The highest BCUT2D eigenvalue weighted by atomic mass is 16.5. The van der Waals surface area contributed by atoms with Gasteiger partial charge in [0, 0.05) is 37.3 Å². The zero-order chi connectivity index (χ0) is 33.3. The van der Waals surface area contributed by atoms with E-state index in [0.29, 0.717) is 61.6 Å². The molecule has 1 atom stereocenters. The molecule has 11 nitrogen and oxygen atoms in total. The Morgan fingerprint density at radius 3 is 2.33 bits per heavy atom. The molecular weight excluding hydrogens is 590 g/mol. The summed E-state index contributed by atoms with van der Waals surface area (Å²) in [5.41, 5.74) is 2.86. The van der Waals surface area contributed by atoms with Gasteiger partial charge >= 0.3 is 11.9 Å². The van der Waals surface area contributed by atoms with E-state index in [4.69, 9.17) is 14.6 Å². The first-order valence-electron chi connectivity index (χ1n) is 15.0. The molecule has 0 bridgehead atoms. The first kappa shape index (κ1) is 35.3. The number of carboxylic acids is 2. The van der Waals surface area contributed by atoms with E-state index in [1.54, 1.807) is 50.6 Å². The minimum Gasteiger partial charge on any atom is -0.493 e. The smallest absolute Gasteiger partial charge is 0.320 e. The summed E-state index contributed by atoms with van der Waals surface area (Å²) in [6.45, 7) is 0.968. The second-order valence-corrected chi connectivity index (χ2v) is 10.6. The summed E-state index contributed by atoms with van der Waals surface area (Å²) < 4.78 is 10.8. The minimum absolute atomic E-state index is 0.0964. The number of methoxy groups -OCH3 is 2. The van der Waals surface area contributed by atoms with Crippen molar-refractivity contribution >= 4 is 35.5 Å². The van der Waals surface area contributed by atoms with Crippen LogP contribution in [0.1, 0.15) is 53.6 Å². The van der Waals surface area contributed by atoms with Crippen molar-refractivity contribution in [2.24, 2.45) is 0 Å². The van der Waals surface area contributed by atoms with Gasteiger partial charge in [0.25, 0.3) is 5.91 Å². The average molecular weight is 632 g/mol. The van der Waals surface area contributed by atoms with Crippen LogP contribution in [0, 0.1) is 0 Å². The second-order valence-electron chi connectivity index (χ2n) is 10.6. The molecule has 0 saturated carbocycles. The van der Waals surface area contributed by atoms with Gasteiger partial charge in [0.05, 0.1) is 20.6 Å². The summed E-state index contributed by atoms with van der Waals surface area (Å²) in [5.74, 6) is -1.46. The predicted octanol–water partition coefficient (Wildman–Crippen LogP) is 5.08. The third-order valence-corrected chi connectivity index (χ3v) is 7.18. The monoisotopic (exact) mass is 631 g/mol. The third kappa shape index (κ3) is 11.7. The maximum Gasteiger partial charge on any atom is 0.320 e. The molecule has 2 amide bonds. The van der Waals surface area contributed by atoms with Crippen molar-refractivity contribution in [3.05, 3.63) is 95.6 Å². The van der Waals surface area contributed by atoms with Crippen molar-refractivity contribution in [3.8, 4) is 11.5 Å². The van der Waals surface area contributed by atoms with Gasteiger partial charge in [0.15, 0.2) is 11.5 Å². The number of carboxylic acid groups (broad SMARTS) is 2. The molecular formula is C35H41N3O8. The lowest BCUT2D eigenvalue weighted by Gasteiger charge is -2.28. The van der Waals surface area contributed by atoms with Gasteiger partial charge in [-0.2, -0.15) is 0 Å².